The SMILES string of the molecule is O=C1Nc2cc(F)c(Br)c(F)c2C12CCC2. The molecule has 1 aromatic rings. The summed E-state index contributed by atoms with van der Waals surface area (Å²) in [6.07, 6.45) is 2.18. The Balaban J connectivity index is 2.29. The highest BCUT2D eigenvalue weighted by Gasteiger charge is 2.53. The van der Waals surface area contributed by atoms with Gasteiger partial charge >= 0.3 is 0 Å². The molecule has 1 aromatic carbocycles. The maximum absolute atomic E-state index is 14.0. The van der Waals surface area contributed by atoms with Gasteiger partial charge in [0.1, 0.15) is 11.6 Å². The Hall–Kier alpha value is -0.970. The summed E-state index contributed by atoms with van der Waals surface area (Å²) in [5, 5.41) is 2.56. The van der Waals surface area contributed by atoms with E-state index in [1.165, 1.54) is 6.07 Å². The van der Waals surface area contributed by atoms with Crippen LogP contribution in [0.3, 0.4) is 0 Å². The van der Waals surface area contributed by atoms with Crippen molar-refractivity contribution in [3.05, 3.63) is 27.7 Å². The quantitative estimate of drug-likeness (QED) is 0.730. The lowest BCUT2D eigenvalue weighted by molar-refractivity contribution is -0.123. The van der Waals surface area contributed by atoms with Crippen LogP contribution in [-0.2, 0) is 10.2 Å². The fraction of sp³-hybridized carbons (Fsp3) is 0.364. The number of nitrogens with one attached hydrogen (secondary N) is 1. The van der Waals surface area contributed by atoms with E-state index in [0.717, 1.165) is 6.42 Å². The van der Waals surface area contributed by atoms with Crippen molar-refractivity contribution in [2.24, 2.45) is 0 Å². The van der Waals surface area contributed by atoms with E-state index < -0.39 is 17.0 Å². The van der Waals surface area contributed by atoms with Gasteiger partial charge in [0.25, 0.3) is 0 Å². The summed E-state index contributed by atoms with van der Waals surface area (Å²) in [5.41, 5.74) is -0.129. The van der Waals surface area contributed by atoms with Crippen molar-refractivity contribution in [3.63, 3.8) is 0 Å². The Morgan fingerprint density at radius 1 is 1.38 bits per heavy atom. The molecule has 0 bridgehead atoms. The second-order valence-electron chi connectivity index (χ2n) is 4.30. The van der Waals surface area contributed by atoms with Crippen LogP contribution in [-0.4, -0.2) is 5.91 Å². The number of carbonyl (C=O) groups is 1. The minimum atomic E-state index is -0.740. The van der Waals surface area contributed by atoms with Crippen LogP contribution in [0.5, 0.6) is 0 Å². The molecule has 2 aliphatic rings. The summed E-state index contributed by atoms with van der Waals surface area (Å²) in [6.45, 7) is 0. The molecule has 0 unspecified atom stereocenters. The molecule has 1 fully saturated rings. The van der Waals surface area contributed by atoms with Crippen molar-refractivity contribution in [1.29, 1.82) is 0 Å². The average molecular weight is 288 g/mol. The Morgan fingerprint density at radius 2 is 2.06 bits per heavy atom. The van der Waals surface area contributed by atoms with E-state index in [0.29, 0.717) is 18.4 Å². The van der Waals surface area contributed by atoms with Crippen LogP contribution in [0, 0.1) is 11.6 Å². The first-order valence-corrected chi connectivity index (χ1v) is 5.85. The Kier molecular flexibility index (Phi) is 1.93. The number of hydrogen-bond acceptors (Lipinski definition) is 1. The first-order chi connectivity index (χ1) is 7.56. The lowest BCUT2D eigenvalue weighted by Crippen LogP contribution is -2.41. The van der Waals surface area contributed by atoms with Gasteiger partial charge in [0, 0.05) is 5.56 Å². The van der Waals surface area contributed by atoms with Crippen molar-refractivity contribution in [2.75, 3.05) is 5.32 Å². The smallest absolute Gasteiger partial charge is 0.235 e. The maximum Gasteiger partial charge on any atom is 0.235 e. The molecule has 2 nitrogen and oxygen atoms in total. The van der Waals surface area contributed by atoms with E-state index in [1.54, 1.807) is 0 Å². The number of fused-ring (bicyclic) bond motifs is 2. The van der Waals surface area contributed by atoms with Gasteiger partial charge in [-0.3, -0.25) is 4.79 Å². The molecule has 1 amide bonds. The predicted octanol–water partition coefficient (Wildman–Crippen LogP) is 3.10. The molecule has 0 saturated heterocycles. The number of benzene rings is 1. The van der Waals surface area contributed by atoms with Gasteiger partial charge in [0.15, 0.2) is 0 Å². The summed E-state index contributed by atoms with van der Waals surface area (Å²) >= 11 is 2.87. The van der Waals surface area contributed by atoms with Crippen molar-refractivity contribution in [2.45, 2.75) is 24.7 Å². The molecule has 84 valence electrons. The summed E-state index contributed by atoms with van der Waals surface area (Å²) in [5.74, 6) is -1.54. The minimum Gasteiger partial charge on any atom is -0.325 e. The van der Waals surface area contributed by atoms with Crippen molar-refractivity contribution in [3.8, 4) is 0 Å². The van der Waals surface area contributed by atoms with Gasteiger partial charge in [0.2, 0.25) is 5.91 Å². The summed E-state index contributed by atoms with van der Waals surface area (Å²) in [7, 11) is 0. The predicted molar refractivity (Wildman–Crippen MR) is 58.2 cm³/mol. The Bertz CT molecular complexity index is 511. The zero-order chi connectivity index (χ0) is 11.5. The lowest BCUT2D eigenvalue weighted by atomic mass is 9.65. The highest BCUT2D eigenvalue weighted by Crippen LogP contribution is 2.53. The Morgan fingerprint density at radius 3 is 2.62 bits per heavy atom. The summed E-state index contributed by atoms with van der Waals surface area (Å²) in [4.78, 5) is 11.8. The average Bonchev–Trinajstić information content (AvgIpc) is 2.46. The van der Waals surface area contributed by atoms with Crippen LogP contribution >= 0.6 is 15.9 Å². The summed E-state index contributed by atoms with van der Waals surface area (Å²) in [6, 6.07) is 1.17. The standard InChI is InChI=1S/C11H8BrF2NO/c12-8-5(13)4-6-7(9(8)14)11(2-1-3-11)10(16)15-6/h4H,1-3H2,(H,15,16). The molecule has 1 aliphatic heterocycles. The Labute approximate surface area is 99.2 Å². The van der Waals surface area contributed by atoms with Gasteiger partial charge in [-0.15, -0.1) is 0 Å². The topological polar surface area (TPSA) is 29.1 Å². The first-order valence-electron chi connectivity index (χ1n) is 5.06. The van der Waals surface area contributed by atoms with Gasteiger partial charge in [-0.2, -0.15) is 0 Å². The lowest BCUT2D eigenvalue weighted by Gasteiger charge is -2.36. The number of rotatable bonds is 0. The molecular formula is C11H8BrF2NO. The molecule has 3 rings (SSSR count). The molecule has 5 heteroatoms. The zero-order valence-corrected chi connectivity index (χ0v) is 9.83. The van der Waals surface area contributed by atoms with Crippen LogP contribution in [0.15, 0.2) is 10.5 Å². The molecule has 0 atom stereocenters. The monoisotopic (exact) mass is 287 g/mol. The first kappa shape index (κ1) is 10.2. The van der Waals surface area contributed by atoms with Crippen LogP contribution in [0.2, 0.25) is 0 Å². The van der Waals surface area contributed by atoms with Crippen LogP contribution in [0.25, 0.3) is 0 Å². The van der Waals surface area contributed by atoms with Gasteiger partial charge in [-0.1, -0.05) is 6.42 Å². The summed E-state index contributed by atoms with van der Waals surface area (Å²) < 4.78 is 27.1. The number of anilines is 1. The zero-order valence-electron chi connectivity index (χ0n) is 8.24. The van der Waals surface area contributed by atoms with Gasteiger partial charge in [0.05, 0.1) is 15.6 Å². The van der Waals surface area contributed by atoms with Crippen LogP contribution in [0.4, 0.5) is 14.5 Å². The van der Waals surface area contributed by atoms with Crippen molar-refractivity contribution >= 4 is 27.5 Å². The number of halogens is 3. The highest BCUT2D eigenvalue weighted by atomic mass is 79.9. The largest absolute Gasteiger partial charge is 0.325 e. The molecule has 0 radical (unpaired) electrons. The van der Waals surface area contributed by atoms with Crippen molar-refractivity contribution < 1.29 is 13.6 Å². The fourth-order valence-electron chi connectivity index (χ4n) is 2.52. The van der Waals surface area contributed by atoms with E-state index >= 15 is 0 Å². The molecule has 1 spiro atoms. The van der Waals surface area contributed by atoms with Crippen LogP contribution in [0.1, 0.15) is 24.8 Å². The number of hydrogen-bond donors (Lipinski definition) is 1. The molecule has 16 heavy (non-hydrogen) atoms. The molecule has 1 N–H and O–H groups in total. The van der Waals surface area contributed by atoms with E-state index in [-0.39, 0.29) is 16.1 Å². The van der Waals surface area contributed by atoms with Crippen LogP contribution < -0.4 is 5.32 Å². The second kappa shape index (κ2) is 3.03. The van der Waals surface area contributed by atoms with E-state index in [9.17, 15) is 13.6 Å². The van der Waals surface area contributed by atoms with Crippen molar-refractivity contribution in [1.82, 2.24) is 0 Å². The third-order valence-electron chi connectivity index (χ3n) is 3.53. The van der Waals surface area contributed by atoms with Gasteiger partial charge in [-0.05, 0) is 34.8 Å². The minimum absolute atomic E-state index is 0.186. The van der Waals surface area contributed by atoms with E-state index in [1.807, 2.05) is 0 Å². The fourth-order valence-corrected chi connectivity index (χ4v) is 2.84. The van der Waals surface area contributed by atoms with Gasteiger partial charge < -0.3 is 5.32 Å². The molecule has 1 heterocycles. The molecule has 1 aliphatic carbocycles. The molecule has 1 saturated carbocycles. The normalized spacial score (nSPS) is 20.6. The highest BCUT2D eigenvalue weighted by molar-refractivity contribution is 9.10. The maximum atomic E-state index is 14.0. The van der Waals surface area contributed by atoms with E-state index in [4.69, 9.17) is 0 Å². The van der Waals surface area contributed by atoms with Gasteiger partial charge in [-0.25, -0.2) is 8.78 Å². The van der Waals surface area contributed by atoms with E-state index in [2.05, 4.69) is 21.2 Å². The second-order valence-corrected chi connectivity index (χ2v) is 5.09. The molecule has 0 aromatic heterocycles. The number of carbonyl (C=O) groups excluding carboxylic acids is 1. The third kappa shape index (κ3) is 1.02. The number of amides is 1. The third-order valence-corrected chi connectivity index (χ3v) is 4.26. The molecular weight excluding hydrogens is 280 g/mol.